The third-order valence-electron chi connectivity index (χ3n) is 7.89. The first-order chi connectivity index (χ1) is 11.4. The summed E-state index contributed by atoms with van der Waals surface area (Å²) >= 11 is 0. The van der Waals surface area contributed by atoms with Crippen LogP contribution in [0.1, 0.15) is 71.6 Å². The normalized spacial score (nSPS) is 41.0. The number of carbonyl (C=O) groups excluding carboxylic acids is 2. The Morgan fingerprint density at radius 1 is 1.12 bits per heavy atom. The van der Waals surface area contributed by atoms with Crippen molar-refractivity contribution in [3.8, 4) is 0 Å². The number of allylic oxidation sites excluding steroid dienone is 2. The van der Waals surface area contributed by atoms with Crippen LogP contribution in [-0.4, -0.2) is 23.3 Å². The average molecular weight is 330 g/mol. The van der Waals surface area contributed by atoms with Gasteiger partial charge in [0.05, 0.1) is 0 Å². The van der Waals surface area contributed by atoms with Crippen LogP contribution < -0.4 is 0 Å². The Hall–Kier alpha value is -0.960. The van der Waals surface area contributed by atoms with Crippen molar-refractivity contribution in [3.05, 3.63) is 11.1 Å². The van der Waals surface area contributed by atoms with Gasteiger partial charge in [0.25, 0.3) is 0 Å². The second-order valence-corrected chi connectivity index (χ2v) is 9.31. The van der Waals surface area contributed by atoms with Gasteiger partial charge in [0.15, 0.2) is 0 Å². The monoisotopic (exact) mass is 330 g/mol. The highest BCUT2D eigenvalue weighted by atomic mass is 16.3. The molecule has 3 heteroatoms. The Balaban J connectivity index is 1.74. The first kappa shape index (κ1) is 16.5. The Labute approximate surface area is 144 Å². The zero-order valence-corrected chi connectivity index (χ0v) is 15.1. The van der Waals surface area contributed by atoms with E-state index in [4.69, 9.17) is 0 Å². The highest BCUT2D eigenvalue weighted by Gasteiger charge is 2.58. The summed E-state index contributed by atoms with van der Waals surface area (Å²) in [5.41, 5.74) is 2.85. The van der Waals surface area contributed by atoms with Gasteiger partial charge in [-0.15, -0.1) is 0 Å². The number of aliphatic hydroxyl groups excluding tert-OH is 1. The molecule has 4 aliphatic rings. The third-order valence-corrected chi connectivity index (χ3v) is 7.89. The lowest BCUT2D eigenvalue weighted by Gasteiger charge is -2.54. The fourth-order valence-electron chi connectivity index (χ4n) is 6.86. The van der Waals surface area contributed by atoms with E-state index in [-0.39, 0.29) is 17.4 Å². The van der Waals surface area contributed by atoms with E-state index in [2.05, 4.69) is 13.8 Å². The van der Waals surface area contributed by atoms with Gasteiger partial charge in [-0.05, 0) is 61.7 Å². The van der Waals surface area contributed by atoms with Crippen LogP contribution in [0.3, 0.4) is 0 Å². The van der Waals surface area contributed by atoms with Crippen molar-refractivity contribution in [2.24, 2.45) is 28.6 Å². The molecule has 4 atom stereocenters. The van der Waals surface area contributed by atoms with Gasteiger partial charge in [0.1, 0.15) is 11.6 Å². The number of Topliss-reactive ketones (excluding diaryl/α,β-unsaturated/α-hetero) is 2. The quantitative estimate of drug-likeness (QED) is 0.783. The van der Waals surface area contributed by atoms with E-state index < -0.39 is 0 Å². The maximum atomic E-state index is 12.7. The van der Waals surface area contributed by atoms with E-state index in [0.717, 1.165) is 32.1 Å². The summed E-state index contributed by atoms with van der Waals surface area (Å²) in [6, 6.07) is 0. The van der Waals surface area contributed by atoms with Gasteiger partial charge in [-0.3, -0.25) is 9.59 Å². The van der Waals surface area contributed by atoms with Crippen LogP contribution in [-0.2, 0) is 9.59 Å². The standard InChI is InChI=1S/C21H30O3/c1-20(2)12-16-14(15-4-3-13(23)11-18(15)20)7-8-21(9-10-22)17(16)5-6-19(21)24/h14,16-17,22H,3-12H2,1-2H3. The van der Waals surface area contributed by atoms with E-state index in [1.54, 1.807) is 5.57 Å². The van der Waals surface area contributed by atoms with Gasteiger partial charge in [-0.25, -0.2) is 0 Å². The molecule has 4 unspecified atom stereocenters. The van der Waals surface area contributed by atoms with Crippen molar-refractivity contribution in [1.82, 2.24) is 0 Å². The van der Waals surface area contributed by atoms with E-state index in [9.17, 15) is 14.7 Å². The maximum absolute atomic E-state index is 12.7. The van der Waals surface area contributed by atoms with Crippen LogP contribution in [0.25, 0.3) is 0 Å². The minimum absolute atomic E-state index is 0.0838. The molecule has 0 aromatic carbocycles. The summed E-state index contributed by atoms with van der Waals surface area (Å²) < 4.78 is 0. The van der Waals surface area contributed by atoms with E-state index >= 15 is 0 Å². The number of fused-ring (bicyclic) bond motifs is 4. The molecule has 0 aromatic heterocycles. The van der Waals surface area contributed by atoms with Crippen LogP contribution in [0.2, 0.25) is 0 Å². The van der Waals surface area contributed by atoms with Gasteiger partial charge in [0, 0.05) is 31.3 Å². The summed E-state index contributed by atoms with van der Waals surface area (Å²) in [5, 5.41) is 9.59. The Morgan fingerprint density at radius 2 is 1.92 bits per heavy atom. The topological polar surface area (TPSA) is 54.4 Å². The fourth-order valence-corrected chi connectivity index (χ4v) is 6.86. The number of carbonyl (C=O) groups is 2. The zero-order valence-electron chi connectivity index (χ0n) is 15.1. The molecular weight excluding hydrogens is 300 g/mol. The minimum atomic E-state index is -0.242. The average Bonchev–Trinajstić information content (AvgIpc) is 2.85. The van der Waals surface area contributed by atoms with Crippen LogP contribution in [0.15, 0.2) is 11.1 Å². The molecule has 2 saturated carbocycles. The van der Waals surface area contributed by atoms with Crippen LogP contribution in [0.4, 0.5) is 0 Å². The molecule has 0 amide bonds. The molecule has 3 nitrogen and oxygen atoms in total. The molecule has 0 heterocycles. The Kier molecular flexibility index (Phi) is 3.80. The lowest BCUT2D eigenvalue weighted by atomic mass is 9.49. The Bertz CT molecular complexity index is 615. The SMILES string of the molecule is CC1(C)CC2C(CCC3(CCO)C(=O)CCC23)C2=C1CC(=O)CC2. The van der Waals surface area contributed by atoms with Gasteiger partial charge >= 0.3 is 0 Å². The molecule has 0 bridgehead atoms. The molecule has 24 heavy (non-hydrogen) atoms. The molecule has 0 spiro atoms. The van der Waals surface area contributed by atoms with Crippen molar-refractivity contribution < 1.29 is 14.7 Å². The predicted molar refractivity (Wildman–Crippen MR) is 92.4 cm³/mol. The first-order valence-corrected chi connectivity index (χ1v) is 9.77. The van der Waals surface area contributed by atoms with Crippen LogP contribution >= 0.6 is 0 Å². The molecule has 4 aliphatic carbocycles. The summed E-state index contributed by atoms with van der Waals surface area (Å²) in [5.74, 6) is 2.42. The largest absolute Gasteiger partial charge is 0.396 e. The number of rotatable bonds is 2. The Morgan fingerprint density at radius 3 is 2.67 bits per heavy atom. The van der Waals surface area contributed by atoms with E-state index in [1.807, 2.05) is 0 Å². The van der Waals surface area contributed by atoms with E-state index in [0.29, 0.717) is 55.0 Å². The van der Waals surface area contributed by atoms with Crippen molar-refractivity contribution in [1.29, 1.82) is 0 Å². The van der Waals surface area contributed by atoms with Gasteiger partial charge in [-0.2, -0.15) is 0 Å². The minimum Gasteiger partial charge on any atom is -0.396 e. The molecule has 0 radical (unpaired) electrons. The first-order valence-electron chi connectivity index (χ1n) is 9.77. The summed E-state index contributed by atoms with van der Waals surface area (Å²) in [6.07, 6.45) is 7.84. The second-order valence-electron chi connectivity index (χ2n) is 9.31. The number of ketones is 2. The summed E-state index contributed by atoms with van der Waals surface area (Å²) in [4.78, 5) is 24.7. The molecule has 0 saturated heterocycles. The predicted octanol–water partition coefficient (Wildman–Crippen LogP) is 3.84. The summed E-state index contributed by atoms with van der Waals surface area (Å²) in [7, 11) is 0. The molecule has 132 valence electrons. The third kappa shape index (κ3) is 2.20. The highest BCUT2D eigenvalue weighted by Crippen LogP contribution is 2.63. The smallest absolute Gasteiger partial charge is 0.139 e. The summed E-state index contributed by atoms with van der Waals surface area (Å²) in [6.45, 7) is 4.73. The number of aliphatic hydroxyl groups is 1. The fraction of sp³-hybridized carbons (Fsp3) is 0.810. The lowest BCUT2D eigenvalue weighted by Crippen LogP contribution is -2.49. The van der Waals surface area contributed by atoms with Gasteiger partial charge < -0.3 is 5.11 Å². The molecule has 0 aromatic rings. The maximum Gasteiger partial charge on any atom is 0.139 e. The molecule has 4 rings (SSSR count). The zero-order chi connectivity index (χ0) is 17.1. The number of hydrogen-bond acceptors (Lipinski definition) is 3. The van der Waals surface area contributed by atoms with Crippen LogP contribution in [0, 0.1) is 28.6 Å². The highest BCUT2D eigenvalue weighted by molar-refractivity contribution is 5.87. The van der Waals surface area contributed by atoms with Gasteiger partial charge in [-0.1, -0.05) is 25.0 Å². The molecule has 2 fully saturated rings. The van der Waals surface area contributed by atoms with Gasteiger partial charge in [0.2, 0.25) is 0 Å². The molecular formula is C21H30O3. The second kappa shape index (κ2) is 5.52. The van der Waals surface area contributed by atoms with E-state index in [1.165, 1.54) is 5.57 Å². The lowest BCUT2D eigenvalue weighted by molar-refractivity contribution is -0.133. The van der Waals surface area contributed by atoms with Crippen molar-refractivity contribution in [2.45, 2.75) is 71.6 Å². The number of hydrogen-bond donors (Lipinski definition) is 1. The molecule has 1 N–H and O–H groups in total. The van der Waals surface area contributed by atoms with Crippen molar-refractivity contribution in [2.75, 3.05) is 6.61 Å². The van der Waals surface area contributed by atoms with Crippen molar-refractivity contribution in [3.63, 3.8) is 0 Å². The van der Waals surface area contributed by atoms with Crippen molar-refractivity contribution >= 4 is 11.6 Å². The molecule has 0 aliphatic heterocycles. The van der Waals surface area contributed by atoms with Crippen LogP contribution in [0.5, 0.6) is 0 Å².